The molecule has 2 heterocycles. The van der Waals surface area contributed by atoms with Gasteiger partial charge in [0, 0.05) is 6.42 Å². The summed E-state index contributed by atoms with van der Waals surface area (Å²) in [6.45, 7) is 1.98. The fourth-order valence-corrected chi connectivity index (χ4v) is 1.90. The van der Waals surface area contributed by atoms with Crippen molar-refractivity contribution < 1.29 is 14.3 Å². The van der Waals surface area contributed by atoms with Gasteiger partial charge in [0.25, 0.3) is 0 Å². The van der Waals surface area contributed by atoms with Gasteiger partial charge in [0.2, 0.25) is 5.91 Å². The number of esters is 1. The molecule has 106 valence electrons. The Balaban J connectivity index is 2.34. The lowest BCUT2D eigenvalue weighted by atomic mass is 10.1. The number of imidazole rings is 1. The van der Waals surface area contributed by atoms with Gasteiger partial charge < -0.3 is 15.0 Å². The van der Waals surface area contributed by atoms with Crippen LogP contribution < -0.4 is 5.73 Å². The minimum Gasteiger partial charge on any atom is -0.464 e. The van der Waals surface area contributed by atoms with E-state index >= 15 is 0 Å². The number of nitrogens with zero attached hydrogens (tertiary/aromatic N) is 4. The van der Waals surface area contributed by atoms with E-state index in [4.69, 9.17) is 10.5 Å². The van der Waals surface area contributed by atoms with Crippen molar-refractivity contribution in [3.63, 3.8) is 0 Å². The third-order valence-corrected chi connectivity index (χ3v) is 2.80. The average molecular weight is 277 g/mol. The van der Waals surface area contributed by atoms with Crippen LogP contribution in [0.2, 0.25) is 0 Å². The highest BCUT2D eigenvalue weighted by atomic mass is 16.5. The first-order chi connectivity index (χ1) is 9.63. The minimum atomic E-state index is -0.678. The number of amides is 1. The van der Waals surface area contributed by atoms with E-state index in [0.717, 1.165) is 0 Å². The number of carbonyl (C=O) groups is 2. The third kappa shape index (κ3) is 2.90. The average Bonchev–Trinajstić information content (AvgIpc) is 2.83. The first-order valence-electron chi connectivity index (χ1n) is 6.21. The van der Waals surface area contributed by atoms with Crippen LogP contribution in [0.4, 0.5) is 0 Å². The number of hydrogen-bond donors (Lipinski definition) is 1. The van der Waals surface area contributed by atoms with E-state index in [1.165, 1.54) is 12.7 Å². The highest BCUT2D eigenvalue weighted by molar-refractivity contribution is 5.79. The molecule has 1 atom stereocenters. The van der Waals surface area contributed by atoms with Crippen molar-refractivity contribution in [3.05, 3.63) is 18.9 Å². The first kappa shape index (κ1) is 13.9. The molecule has 2 rings (SSSR count). The van der Waals surface area contributed by atoms with Crippen LogP contribution in [0.15, 0.2) is 18.9 Å². The molecule has 2 aromatic rings. The van der Waals surface area contributed by atoms with Crippen LogP contribution in [-0.4, -0.2) is 38.0 Å². The summed E-state index contributed by atoms with van der Waals surface area (Å²) in [7, 11) is 0. The molecule has 0 spiro atoms. The smallest absolute Gasteiger partial charge is 0.329 e. The summed E-state index contributed by atoms with van der Waals surface area (Å²) < 4.78 is 6.61. The summed E-state index contributed by atoms with van der Waals surface area (Å²) in [6.07, 6.45) is 4.73. The van der Waals surface area contributed by atoms with Gasteiger partial charge in [-0.05, 0) is 13.3 Å². The quantitative estimate of drug-likeness (QED) is 0.754. The number of carbonyl (C=O) groups excluding carboxylic acids is 2. The lowest BCUT2D eigenvalue weighted by Crippen LogP contribution is -2.24. The molecule has 0 aliphatic carbocycles. The summed E-state index contributed by atoms with van der Waals surface area (Å²) in [5, 5.41) is 0. The Bertz CT molecular complexity index is 624. The van der Waals surface area contributed by atoms with Gasteiger partial charge >= 0.3 is 5.97 Å². The molecule has 1 unspecified atom stereocenters. The topological polar surface area (TPSA) is 113 Å². The number of rotatable bonds is 6. The lowest BCUT2D eigenvalue weighted by Gasteiger charge is -2.16. The van der Waals surface area contributed by atoms with Crippen molar-refractivity contribution >= 4 is 23.0 Å². The van der Waals surface area contributed by atoms with E-state index in [1.54, 1.807) is 17.7 Å². The summed E-state index contributed by atoms with van der Waals surface area (Å²) >= 11 is 0. The molecule has 0 aliphatic rings. The van der Waals surface area contributed by atoms with Gasteiger partial charge in [-0.15, -0.1) is 0 Å². The Morgan fingerprint density at radius 1 is 1.45 bits per heavy atom. The Morgan fingerprint density at radius 2 is 2.25 bits per heavy atom. The Morgan fingerprint density at radius 3 is 2.95 bits per heavy atom. The van der Waals surface area contributed by atoms with Gasteiger partial charge in [-0.3, -0.25) is 4.79 Å². The predicted molar refractivity (Wildman–Crippen MR) is 69.4 cm³/mol. The van der Waals surface area contributed by atoms with E-state index < -0.39 is 17.9 Å². The Hall–Kier alpha value is -2.51. The molecule has 0 aliphatic heterocycles. The molecule has 0 radical (unpaired) electrons. The zero-order valence-corrected chi connectivity index (χ0v) is 11.0. The molecule has 2 aromatic heterocycles. The molecular formula is C12H15N5O3. The van der Waals surface area contributed by atoms with Crippen LogP contribution in [0.1, 0.15) is 25.8 Å². The van der Waals surface area contributed by atoms with Gasteiger partial charge in [-0.2, -0.15) is 0 Å². The van der Waals surface area contributed by atoms with Crippen molar-refractivity contribution in [2.24, 2.45) is 5.73 Å². The molecule has 20 heavy (non-hydrogen) atoms. The molecule has 8 heteroatoms. The molecule has 0 aromatic carbocycles. The number of ether oxygens (including phenoxy) is 1. The fourth-order valence-electron chi connectivity index (χ4n) is 1.90. The standard InChI is InChI=1S/C12H15N5O3/c1-2-20-12(19)9(3-4-10(13)18)17-7-16-8-5-14-6-15-11(8)17/h5-7,9H,2-4H2,1H3,(H2,13,18). The summed E-state index contributed by atoms with van der Waals surface area (Å²) in [5.41, 5.74) is 6.23. The summed E-state index contributed by atoms with van der Waals surface area (Å²) in [6, 6.07) is -0.678. The van der Waals surface area contributed by atoms with E-state index in [9.17, 15) is 9.59 Å². The van der Waals surface area contributed by atoms with Crippen LogP contribution in [0.3, 0.4) is 0 Å². The van der Waals surface area contributed by atoms with E-state index in [-0.39, 0.29) is 19.4 Å². The van der Waals surface area contributed by atoms with Crippen LogP contribution in [-0.2, 0) is 14.3 Å². The molecule has 0 bridgehead atoms. The van der Waals surface area contributed by atoms with E-state index in [0.29, 0.717) is 11.2 Å². The maximum atomic E-state index is 12.0. The monoisotopic (exact) mass is 277 g/mol. The second-order valence-corrected chi connectivity index (χ2v) is 4.16. The number of hydrogen-bond acceptors (Lipinski definition) is 6. The summed E-state index contributed by atoms with van der Waals surface area (Å²) in [4.78, 5) is 35.1. The largest absolute Gasteiger partial charge is 0.464 e. The zero-order valence-electron chi connectivity index (χ0n) is 11.0. The van der Waals surface area contributed by atoms with Crippen LogP contribution >= 0.6 is 0 Å². The highest BCUT2D eigenvalue weighted by Gasteiger charge is 2.24. The van der Waals surface area contributed by atoms with Crippen molar-refractivity contribution in [1.82, 2.24) is 19.5 Å². The maximum Gasteiger partial charge on any atom is 0.329 e. The molecule has 0 saturated heterocycles. The lowest BCUT2D eigenvalue weighted by molar-refractivity contribution is -0.147. The van der Waals surface area contributed by atoms with Crippen molar-refractivity contribution in [2.75, 3.05) is 6.61 Å². The normalized spacial score (nSPS) is 12.2. The van der Waals surface area contributed by atoms with Gasteiger partial charge in [0.05, 0.1) is 19.1 Å². The van der Waals surface area contributed by atoms with Gasteiger partial charge in [-0.25, -0.2) is 19.7 Å². The SMILES string of the molecule is CCOC(=O)C(CCC(N)=O)n1cnc2cncnc21. The van der Waals surface area contributed by atoms with Crippen molar-refractivity contribution in [2.45, 2.75) is 25.8 Å². The predicted octanol–water partition coefficient (Wildman–Crippen LogP) is 0.196. The van der Waals surface area contributed by atoms with E-state index in [1.807, 2.05) is 0 Å². The van der Waals surface area contributed by atoms with E-state index in [2.05, 4.69) is 15.0 Å². The molecule has 2 N–H and O–H groups in total. The maximum absolute atomic E-state index is 12.0. The Kier molecular flexibility index (Phi) is 4.24. The molecule has 0 saturated carbocycles. The molecule has 1 amide bonds. The van der Waals surface area contributed by atoms with Crippen molar-refractivity contribution in [3.8, 4) is 0 Å². The van der Waals surface area contributed by atoms with Gasteiger partial charge in [0.15, 0.2) is 5.65 Å². The van der Waals surface area contributed by atoms with Gasteiger partial charge in [-0.1, -0.05) is 0 Å². The fraction of sp³-hybridized carbons (Fsp3) is 0.417. The van der Waals surface area contributed by atoms with Crippen LogP contribution in [0.5, 0.6) is 0 Å². The first-order valence-corrected chi connectivity index (χ1v) is 6.21. The minimum absolute atomic E-state index is 0.0776. The number of aromatic nitrogens is 4. The number of fused-ring (bicyclic) bond motifs is 1. The molecular weight excluding hydrogens is 262 g/mol. The number of primary amides is 1. The molecule has 8 nitrogen and oxygen atoms in total. The second kappa shape index (κ2) is 6.09. The summed E-state index contributed by atoms with van der Waals surface area (Å²) in [5.74, 6) is -0.912. The number of nitrogens with two attached hydrogens (primary N) is 1. The van der Waals surface area contributed by atoms with Crippen molar-refractivity contribution in [1.29, 1.82) is 0 Å². The van der Waals surface area contributed by atoms with Gasteiger partial charge in [0.1, 0.15) is 17.9 Å². The van der Waals surface area contributed by atoms with Crippen LogP contribution in [0.25, 0.3) is 11.2 Å². The second-order valence-electron chi connectivity index (χ2n) is 4.16. The van der Waals surface area contributed by atoms with Crippen LogP contribution in [0, 0.1) is 0 Å². The zero-order chi connectivity index (χ0) is 14.5. The highest BCUT2D eigenvalue weighted by Crippen LogP contribution is 2.20. The molecule has 0 fully saturated rings. The Labute approximate surface area is 115 Å². The third-order valence-electron chi connectivity index (χ3n) is 2.80.